The van der Waals surface area contributed by atoms with Crippen LogP contribution in [-0.4, -0.2) is 39.8 Å². The van der Waals surface area contributed by atoms with E-state index in [-0.39, 0.29) is 37.1 Å². The second-order valence-corrected chi connectivity index (χ2v) is 7.34. The molecule has 1 aliphatic rings. The highest BCUT2D eigenvalue weighted by Gasteiger charge is 2.39. The third-order valence-electron chi connectivity index (χ3n) is 5.28. The van der Waals surface area contributed by atoms with E-state index in [1.165, 1.54) is 0 Å². The zero-order valence-corrected chi connectivity index (χ0v) is 15.7. The summed E-state index contributed by atoms with van der Waals surface area (Å²) in [5, 5.41) is 27.9. The van der Waals surface area contributed by atoms with Crippen molar-refractivity contribution in [3.05, 3.63) is 41.5 Å². The van der Waals surface area contributed by atoms with Gasteiger partial charge in [0.15, 0.2) is 0 Å². The van der Waals surface area contributed by atoms with Crippen molar-refractivity contribution < 1.29 is 24.9 Å². The summed E-state index contributed by atoms with van der Waals surface area (Å²) < 4.78 is 0. The molecule has 0 spiro atoms. The van der Waals surface area contributed by atoms with Crippen LogP contribution in [0.15, 0.2) is 30.3 Å². The monoisotopic (exact) mass is 374 g/mol. The molecule has 0 heterocycles. The number of hydrogen-bond donors (Lipinski definition) is 3. The van der Waals surface area contributed by atoms with E-state index in [1.807, 2.05) is 36.4 Å². The standard InChI is InChI=1S/C22H30O5/c23-14-13-17-9-7-16(8-10-17)11-12-19-18(20(24)15-21(19)25)5-3-1-2-4-6-22(26)27/h7-12,18-19,21,23,25H,1-6,13-15H2,(H,26,27)/b12-11+. The lowest BCUT2D eigenvalue weighted by atomic mass is 9.88. The van der Waals surface area contributed by atoms with E-state index in [2.05, 4.69) is 0 Å². The van der Waals surface area contributed by atoms with Crippen molar-refractivity contribution in [2.45, 2.75) is 57.5 Å². The largest absolute Gasteiger partial charge is 0.481 e. The summed E-state index contributed by atoms with van der Waals surface area (Å²) in [7, 11) is 0. The molecular weight excluding hydrogens is 344 g/mol. The van der Waals surface area contributed by atoms with Crippen molar-refractivity contribution in [2.24, 2.45) is 11.8 Å². The van der Waals surface area contributed by atoms with Crippen LogP contribution in [0.1, 0.15) is 56.1 Å². The predicted octanol–water partition coefficient (Wildman–Crippen LogP) is 3.23. The number of unbranched alkanes of at least 4 members (excludes halogenated alkanes) is 3. The van der Waals surface area contributed by atoms with Crippen molar-refractivity contribution in [3.63, 3.8) is 0 Å². The van der Waals surface area contributed by atoms with Crippen LogP contribution in [0.25, 0.3) is 6.08 Å². The number of aliphatic carboxylic acids is 1. The fourth-order valence-electron chi connectivity index (χ4n) is 3.73. The van der Waals surface area contributed by atoms with Crippen LogP contribution in [-0.2, 0) is 16.0 Å². The number of Topliss-reactive ketones (excluding diaryl/α,β-unsaturated/α-hetero) is 1. The molecule has 0 bridgehead atoms. The minimum Gasteiger partial charge on any atom is -0.481 e. The molecule has 0 aromatic heterocycles. The number of hydrogen-bond acceptors (Lipinski definition) is 4. The van der Waals surface area contributed by atoms with Gasteiger partial charge in [0.25, 0.3) is 0 Å². The first-order chi connectivity index (χ1) is 13.0. The Morgan fingerprint density at radius 3 is 2.48 bits per heavy atom. The van der Waals surface area contributed by atoms with Crippen molar-refractivity contribution in [1.82, 2.24) is 0 Å². The summed E-state index contributed by atoms with van der Waals surface area (Å²) in [5.41, 5.74) is 2.09. The van der Waals surface area contributed by atoms with E-state index < -0.39 is 12.1 Å². The highest BCUT2D eigenvalue weighted by molar-refractivity contribution is 5.84. The Labute approximate surface area is 160 Å². The quantitative estimate of drug-likeness (QED) is 0.517. The first-order valence-electron chi connectivity index (χ1n) is 9.82. The highest BCUT2D eigenvalue weighted by Crippen LogP contribution is 2.34. The van der Waals surface area contributed by atoms with E-state index >= 15 is 0 Å². The van der Waals surface area contributed by atoms with Crippen LogP contribution in [0.4, 0.5) is 0 Å². The maximum absolute atomic E-state index is 12.2. The summed E-state index contributed by atoms with van der Waals surface area (Å²) >= 11 is 0. The maximum atomic E-state index is 12.2. The number of carbonyl (C=O) groups is 2. The average molecular weight is 374 g/mol. The lowest BCUT2D eigenvalue weighted by molar-refractivity contribution is -0.137. The number of aliphatic hydroxyl groups excluding tert-OH is 2. The second-order valence-electron chi connectivity index (χ2n) is 7.34. The molecule has 2 rings (SSSR count). The smallest absolute Gasteiger partial charge is 0.303 e. The highest BCUT2D eigenvalue weighted by atomic mass is 16.4. The Hall–Kier alpha value is -1.98. The number of carboxylic acids is 1. The number of carboxylic acid groups (broad SMARTS) is 1. The second kappa shape index (κ2) is 11.0. The zero-order valence-electron chi connectivity index (χ0n) is 15.7. The van der Waals surface area contributed by atoms with Crippen LogP contribution >= 0.6 is 0 Å². The minimum absolute atomic E-state index is 0.126. The van der Waals surface area contributed by atoms with Crippen LogP contribution in [0.5, 0.6) is 0 Å². The first kappa shape index (κ1) is 21.3. The van der Waals surface area contributed by atoms with Gasteiger partial charge in [-0.3, -0.25) is 9.59 Å². The fourth-order valence-corrected chi connectivity index (χ4v) is 3.73. The minimum atomic E-state index is -0.765. The third kappa shape index (κ3) is 6.92. The van der Waals surface area contributed by atoms with Gasteiger partial charge in [0, 0.05) is 31.3 Å². The fraction of sp³-hybridized carbons (Fsp3) is 0.545. The van der Waals surface area contributed by atoms with Gasteiger partial charge in [0.1, 0.15) is 5.78 Å². The summed E-state index contributed by atoms with van der Waals surface area (Å²) in [6, 6.07) is 7.89. The predicted molar refractivity (Wildman–Crippen MR) is 104 cm³/mol. The zero-order chi connectivity index (χ0) is 19.6. The van der Waals surface area contributed by atoms with Gasteiger partial charge in [0.05, 0.1) is 6.10 Å². The van der Waals surface area contributed by atoms with E-state index in [0.717, 1.165) is 36.8 Å². The molecule has 1 aromatic carbocycles. The number of carbonyl (C=O) groups excluding carboxylic acids is 1. The molecular formula is C22H30O5. The van der Waals surface area contributed by atoms with E-state index in [1.54, 1.807) is 0 Å². The molecule has 3 unspecified atom stereocenters. The number of aliphatic hydroxyl groups is 2. The summed E-state index contributed by atoms with van der Waals surface area (Å²) in [6.07, 6.45) is 8.39. The van der Waals surface area contributed by atoms with Gasteiger partial charge in [0.2, 0.25) is 0 Å². The van der Waals surface area contributed by atoms with E-state index in [4.69, 9.17) is 10.2 Å². The number of benzene rings is 1. The van der Waals surface area contributed by atoms with Gasteiger partial charge in [-0.2, -0.15) is 0 Å². The molecule has 1 aromatic rings. The maximum Gasteiger partial charge on any atom is 0.303 e. The molecule has 3 N–H and O–H groups in total. The van der Waals surface area contributed by atoms with Crippen LogP contribution < -0.4 is 0 Å². The topological polar surface area (TPSA) is 94.8 Å². The normalized spacial score (nSPS) is 22.6. The lowest BCUT2D eigenvalue weighted by Gasteiger charge is -2.17. The average Bonchev–Trinajstić information content (AvgIpc) is 2.90. The first-order valence-corrected chi connectivity index (χ1v) is 9.82. The SMILES string of the molecule is O=C(O)CCCCCCC1C(=O)CC(O)C1/C=C/c1ccc(CCO)cc1. The molecule has 0 saturated heterocycles. The number of ketones is 1. The molecule has 5 nitrogen and oxygen atoms in total. The van der Waals surface area contributed by atoms with Crippen molar-refractivity contribution in [1.29, 1.82) is 0 Å². The molecule has 0 radical (unpaired) electrons. The summed E-state index contributed by atoms with van der Waals surface area (Å²) in [5.74, 6) is -0.947. The Bertz CT molecular complexity index is 635. The Balaban J connectivity index is 1.86. The lowest BCUT2D eigenvalue weighted by Crippen LogP contribution is -2.18. The molecule has 0 aliphatic heterocycles. The van der Waals surface area contributed by atoms with Gasteiger partial charge < -0.3 is 15.3 Å². The van der Waals surface area contributed by atoms with Gasteiger partial charge in [-0.05, 0) is 30.4 Å². The Morgan fingerprint density at radius 2 is 1.81 bits per heavy atom. The molecule has 1 aliphatic carbocycles. The Morgan fingerprint density at radius 1 is 1.11 bits per heavy atom. The molecule has 1 saturated carbocycles. The molecule has 5 heteroatoms. The van der Waals surface area contributed by atoms with Gasteiger partial charge >= 0.3 is 5.97 Å². The summed E-state index contributed by atoms with van der Waals surface area (Å²) in [4.78, 5) is 22.7. The van der Waals surface area contributed by atoms with E-state index in [9.17, 15) is 14.7 Å². The molecule has 0 amide bonds. The molecule has 3 atom stereocenters. The van der Waals surface area contributed by atoms with Crippen molar-refractivity contribution >= 4 is 17.8 Å². The van der Waals surface area contributed by atoms with Gasteiger partial charge in [-0.1, -0.05) is 55.7 Å². The van der Waals surface area contributed by atoms with Gasteiger partial charge in [-0.25, -0.2) is 0 Å². The number of rotatable bonds is 11. The van der Waals surface area contributed by atoms with Crippen LogP contribution in [0.2, 0.25) is 0 Å². The van der Waals surface area contributed by atoms with Crippen molar-refractivity contribution in [3.8, 4) is 0 Å². The van der Waals surface area contributed by atoms with Crippen LogP contribution in [0, 0.1) is 11.8 Å². The molecule has 27 heavy (non-hydrogen) atoms. The van der Waals surface area contributed by atoms with Crippen molar-refractivity contribution in [2.75, 3.05) is 6.61 Å². The third-order valence-corrected chi connectivity index (χ3v) is 5.28. The Kier molecular flexibility index (Phi) is 8.69. The summed E-state index contributed by atoms with van der Waals surface area (Å²) in [6.45, 7) is 0.129. The molecule has 148 valence electrons. The van der Waals surface area contributed by atoms with E-state index in [0.29, 0.717) is 12.8 Å². The molecule has 1 fully saturated rings. The van der Waals surface area contributed by atoms with Crippen LogP contribution in [0.3, 0.4) is 0 Å². The van der Waals surface area contributed by atoms with Gasteiger partial charge in [-0.15, -0.1) is 0 Å².